The van der Waals surface area contributed by atoms with Gasteiger partial charge in [0.05, 0.1) is 0 Å². The molecule has 66 valence electrons. The Labute approximate surface area is 76.5 Å². The van der Waals surface area contributed by atoms with Crippen LogP contribution < -0.4 is 5.90 Å². The van der Waals surface area contributed by atoms with Gasteiger partial charge in [-0.1, -0.05) is 0 Å². The van der Waals surface area contributed by atoms with E-state index in [9.17, 15) is 0 Å². The highest BCUT2D eigenvalue weighted by molar-refractivity contribution is 5.85. The molecule has 0 aliphatic rings. The maximum Gasteiger partial charge on any atom is 0.155 e. The van der Waals surface area contributed by atoms with E-state index in [1.54, 1.807) is 6.92 Å². The smallest absolute Gasteiger partial charge is 0.155 e. The van der Waals surface area contributed by atoms with E-state index in [1.165, 1.54) is 6.33 Å². The Morgan fingerprint density at radius 1 is 1.64 bits per heavy atom. The summed E-state index contributed by atoms with van der Waals surface area (Å²) in [6, 6.07) is 0. The van der Waals surface area contributed by atoms with Crippen LogP contribution in [0.5, 0.6) is 0 Å². The maximum atomic E-state index is 4.88. The number of aromatic amines is 1. The summed E-state index contributed by atoms with van der Waals surface area (Å²) in [5.41, 5.74) is 0. The van der Waals surface area contributed by atoms with Crippen molar-refractivity contribution in [3.8, 4) is 0 Å². The molecule has 0 unspecified atom stereocenters. The Balaban J connectivity index is 0. The molecule has 0 aliphatic heterocycles. The highest BCUT2D eigenvalue weighted by atomic mass is 35.5. The molecule has 1 rings (SSSR count). The Morgan fingerprint density at radius 2 is 2.27 bits per heavy atom. The quantitative estimate of drug-likeness (QED) is 0.687. The molecule has 0 saturated heterocycles. The lowest BCUT2D eigenvalue weighted by Gasteiger charge is -2.01. The van der Waals surface area contributed by atoms with Gasteiger partial charge in [-0.05, 0) is 6.92 Å². The first-order valence-electron chi connectivity index (χ1n) is 2.55. The lowest BCUT2D eigenvalue weighted by Crippen LogP contribution is -2.06. The van der Waals surface area contributed by atoms with Crippen LogP contribution in [0, 0.1) is 0 Å². The summed E-state index contributed by atoms with van der Waals surface area (Å²) in [4.78, 5) is 8.28. The van der Waals surface area contributed by atoms with Crippen LogP contribution in [0.3, 0.4) is 0 Å². The summed E-state index contributed by atoms with van der Waals surface area (Å²) in [6.07, 6.45) is 1.19. The van der Waals surface area contributed by atoms with Crippen molar-refractivity contribution in [2.24, 2.45) is 5.90 Å². The number of aromatic nitrogens is 3. The number of H-pyrrole nitrogens is 1. The molecule has 0 aliphatic carbocycles. The summed E-state index contributed by atoms with van der Waals surface area (Å²) in [5, 5.41) is 6.24. The van der Waals surface area contributed by atoms with E-state index in [0.717, 1.165) is 0 Å². The van der Waals surface area contributed by atoms with Crippen molar-refractivity contribution in [2.75, 3.05) is 0 Å². The molecule has 5 nitrogen and oxygen atoms in total. The van der Waals surface area contributed by atoms with Gasteiger partial charge in [0.15, 0.2) is 5.82 Å². The van der Waals surface area contributed by atoms with Gasteiger partial charge in [0, 0.05) is 0 Å². The molecular formula is C4H10Cl2N4O. The fraction of sp³-hybridized carbons (Fsp3) is 0.500. The number of nitrogens with two attached hydrogens (primary N) is 1. The number of nitrogens with one attached hydrogen (secondary N) is 1. The van der Waals surface area contributed by atoms with Gasteiger partial charge >= 0.3 is 0 Å². The maximum absolute atomic E-state index is 4.88. The van der Waals surface area contributed by atoms with Gasteiger partial charge in [-0.25, -0.2) is 10.9 Å². The number of hydrogen-bond donors (Lipinski definition) is 2. The van der Waals surface area contributed by atoms with Gasteiger partial charge in [0.1, 0.15) is 12.4 Å². The normalized spacial score (nSPS) is 11.1. The Morgan fingerprint density at radius 3 is 2.64 bits per heavy atom. The first-order valence-corrected chi connectivity index (χ1v) is 2.55. The van der Waals surface area contributed by atoms with Crippen molar-refractivity contribution in [3.05, 3.63) is 12.2 Å². The zero-order chi connectivity index (χ0) is 6.69. The topological polar surface area (TPSA) is 76.8 Å². The second-order valence-corrected chi connectivity index (χ2v) is 1.65. The van der Waals surface area contributed by atoms with E-state index < -0.39 is 0 Å². The van der Waals surface area contributed by atoms with Gasteiger partial charge in [0.2, 0.25) is 0 Å². The van der Waals surface area contributed by atoms with E-state index >= 15 is 0 Å². The number of nitrogens with zero attached hydrogens (tertiary/aromatic N) is 2. The van der Waals surface area contributed by atoms with Gasteiger partial charge in [-0.3, -0.25) is 9.94 Å². The molecule has 0 amide bonds. The molecule has 7 heteroatoms. The second-order valence-electron chi connectivity index (χ2n) is 1.65. The van der Waals surface area contributed by atoms with Crippen LogP contribution in [0.15, 0.2) is 6.33 Å². The fourth-order valence-corrected chi connectivity index (χ4v) is 0.475. The van der Waals surface area contributed by atoms with E-state index in [0.29, 0.717) is 5.82 Å². The summed E-state index contributed by atoms with van der Waals surface area (Å²) < 4.78 is 0. The van der Waals surface area contributed by atoms with Crippen LogP contribution in [0.4, 0.5) is 0 Å². The van der Waals surface area contributed by atoms with Crippen molar-refractivity contribution in [1.82, 2.24) is 15.2 Å². The third-order valence-electron chi connectivity index (χ3n) is 1.02. The SMILES string of the molecule is C[C@H](ON)c1ncn[nH]1.Cl.Cl. The van der Waals surface area contributed by atoms with Gasteiger partial charge in [-0.2, -0.15) is 5.10 Å². The Kier molecular flexibility index (Phi) is 7.65. The third kappa shape index (κ3) is 3.52. The zero-order valence-electron chi connectivity index (χ0n) is 5.85. The first-order chi connectivity index (χ1) is 4.34. The first kappa shape index (κ1) is 13.2. The molecule has 1 aromatic rings. The minimum Gasteiger partial charge on any atom is -0.294 e. The van der Waals surface area contributed by atoms with Crippen molar-refractivity contribution in [2.45, 2.75) is 13.0 Å². The lowest BCUT2D eigenvalue weighted by molar-refractivity contribution is 0.0604. The highest BCUT2D eigenvalue weighted by Crippen LogP contribution is 2.05. The van der Waals surface area contributed by atoms with Gasteiger partial charge < -0.3 is 0 Å². The molecule has 1 heterocycles. The average molecular weight is 201 g/mol. The molecular weight excluding hydrogens is 191 g/mol. The largest absolute Gasteiger partial charge is 0.294 e. The predicted molar refractivity (Wildman–Crippen MR) is 44.6 cm³/mol. The van der Waals surface area contributed by atoms with Crippen LogP contribution in [-0.2, 0) is 4.84 Å². The van der Waals surface area contributed by atoms with Gasteiger partial charge in [0.25, 0.3) is 0 Å². The molecule has 0 spiro atoms. The summed E-state index contributed by atoms with van der Waals surface area (Å²) in [7, 11) is 0. The van der Waals surface area contributed by atoms with Crippen LogP contribution in [-0.4, -0.2) is 15.2 Å². The molecule has 0 radical (unpaired) electrons. The van der Waals surface area contributed by atoms with Crippen LogP contribution >= 0.6 is 24.8 Å². The predicted octanol–water partition coefficient (Wildman–Crippen LogP) is 0.600. The molecule has 0 aromatic carbocycles. The van der Waals surface area contributed by atoms with Crippen molar-refractivity contribution in [3.63, 3.8) is 0 Å². The number of rotatable bonds is 2. The summed E-state index contributed by atoms with van der Waals surface area (Å²) in [5.74, 6) is 5.51. The van der Waals surface area contributed by atoms with Crippen molar-refractivity contribution >= 4 is 24.8 Å². The van der Waals surface area contributed by atoms with Crippen molar-refractivity contribution < 1.29 is 4.84 Å². The number of hydrogen-bond acceptors (Lipinski definition) is 4. The molecule has 3 N–H and O–H groups in total. The minimum atomic E-state index is -0.215. The molecule has 0 saturated carbocycles. The Bertz CT molecular complexity index is 169. The second kappa shape index (κ2) is 6.36. The molecule has 1 aromatic heterocycles. The van der Waals surface area contributed by atoms with Gasteiger partial charge in [-0.15, -0.1) is 24.8 Å². The lowest BCUT2D eigenvalue weighted by atomic mass is 10.4. The summed E-state index contributed by atoms with van der Waals surface area (Å²) in [6.45, 7) is 1.78. The van der Waals surface area contributed by atoms with E-state index in [2.05, 4.69) is 20.0 Å². The van der Waals surface area contributed by atoms with E-state index in [4.69, 9.17) is 5.90 Å². The van der Waals surface area contributed by atoms with E-state index in [1.807, 2.05) is 0 Å². The summed E-state index contributed by atoms with van der Waals surface area (Å²) >= 11 is 0. The Hall–Kier alpha value is -0.360. The van der Waals surface area contributed by atoms with Crippen LogP contribution in [0.2, 0.25) is 0 Å². The monoisotopic (exact) mass is 200 g/mol. The highest BCUT2D eigenvalue weighted by Gasteiger charge is 2.04. The van der Waals surface area contributed by atoms with Crippen LogP contribution in [0.25, 0.3) is 0 Å². The van der Waals surface area contributed by atoms with E-state index in [-0.39, 0.29) is 30.9 Å². The minimum absolute atomic E-state index is 0. The fourth-order valence-electron chi connectivity index (χ4n) is 0.475. The van der Waals surface area contributed by atoms with Crippen LogP contribution in [0.1, 0.15) is 18.9 Å². The molecule has 0 bridgehead atoms. The molecule has 0 fully saturated rings. The van der Waals surface area contributed by atoms with Crippen molar-refractivity contribution in [1.29, 1.82) is 0 Å². The third-order valence-corrected chi connectivity index (χ3v) is 1.02. The molecule has 11 heavy (non-hydrogen) atoms. The zero-order valence-corrected chi connectivity index (χ0v) is 7.48. The molecule has 1 atom stereocenters. The average Bonchev–Trinajstić information content (AvgIpc) is 2.37. The standard InChI is InChI=1S/C4H8N4O.2ClH/c1-3(9-5)4-6-2-7-8-4;;/h2-3H,5H2,1H3,(H,6,7,8);2*1H/t3-;;/m0../s1. The number of halogens is 2.